The van der Waals surface area contributed by atoms with Crippen LogP contribution in [0.4, 0.5) is 26.3 Å². The summed E-state index contributed by atoms with van der Waals surface area (Å²) in [5.41, 5.74) is 1.36. The van der Waals surface area contributed by atoms with Crippen LogP contribution >= 0.6 is 0 Å². The molecular formula is C34H38F6O2. The lowest BCUT2D eigenvalue weighted by molar-refractivity contribution is -0.223. The van der Waals surface area contributed by atoms with Crippen molar-refractivity contribution in [1.82, 2.24) is 0 Å². The van der Waals surface area contributed by atoms with Gasteiger partial charge < -0.3 is 9.47 Å². The molecule has 0 spiro atoms. The molecule has 42 heavy (non-hydrogen) atoms. The van der Waals surface area contributed by atoms with Crippen molar-refractivity contribution in [3.63, 3.8) is 0 Å². The van der Waals surface area contributed by atoms with Crippen molar-refractivity contribution in [2.24, 2.45) is 11.8 Å². The molecule has 0 aliphatic heterocycles. The van der Waals surface area contributed by atoms with Crippen LogP contribution < -0.4 is 9.47 Å². The summed E-state index contributed by atoms with van der Waals surface area (Å²) < 4.78 is 96.0. The van der Waals surface area contributed by atoms with Crippen LogP contribution in [0.2, 0.25) is 0 Å². The van der Waals surface area contributed by atoms with E-state index in [2.05, 4.69) is 6.92 Å². The maximum Gasteiger partial charge on any atom is 0.419 e. The topological polar surface area (TPSA) is 18.5 Å². The molecule has 0 saturated heterocycles. The Labute approximate surface area is 244 Å². The minimum Gasteiger partial charge on any atom is -0.491 e. The maximum absolute atomic E-state index is 14.9. The molecule has 228 valence electrons. The fourth-order valence-electron chi connectivity index (χ4n) is 5.96. The van der Waals surface area contributed by atoms with Gasteiger partial charge in [0.2, 0.25) is 0 Å². The zero-order valence-electron chi connectivity index (χ0n) is 24.3. The van der Waals surface area contributed by atoms with Crippen LogP contribution in [0.25, 0.3) is 11.1 Å². The predicted octanol–water partition coefficient (Wildman–Crippen LogP) is 10.6. The van der Waals surface area contributed by atoms with Gasteiger partial charge >= 0.3 is 12.3 Å². The highest BCUT2D eigenvalue weighted by atomic mass is 19.4. The van der Waals surface area contributed by atoms with E-state index in [1.165, 1.54) is 25.1 Å². The first-order chi connectivity index (χ1) is 19.9. The van der Waals surface area contributed by atoms with E-state index in [1.54, 1.807) is 31.2 Å². The fourth-order valence-corrected chi connectivity index (χ4v) is 5.96. The second-order valence-corrected chi connectivity index (χ2v) is 11.2. The van der Waals surface area contributed by atoms with Crippen LogP contribution in [0.1, 0.15) is 74.6 Å². The van der Waals surface area contributed by atoms with Crippen molar-refractivity contribution in [2.75, 3.05) is 6.61 Å². The van der Waals surface area contributed by atoms with Gasteiger partial charge in [0, 0.05) is 0 Å². The molecule has 0 radical (unpaired) electrons. The van der Waals surface area contributed by atoms with Gasteiger partial charge in [-0.25, -0.2) is 4.39 Å². The first-order valence-electron chi connectivity index (χ1n) is 14.7. The molecule has 2 nitrogen and oxygen atoms in total. The monoisotopic (exact) mass is 592 g/mol. The molecule has 1 saturated carbocycles. The summed E-state index contributed by atoms with van der Waals surface area (Å²) >= 11 is 0. The van der Waals surface area contributed by atoms with Gasteiger partial charge in [-0.2, -0.15) is 22.0 Å². The highest BCUT2D eigenvalue weighted by Gasteiger charge is 2.44. The number of hydrogen-bond acceptors (Lipinski definition) is 2. The van der Waals surface area contributed by atoms with Gasteiger partial charge in [-0.15, -0.1) is 0 Å². The zero-order chi connectivity index (χ0) is 30.5. The molecule has 3 aromatic rings. The molecule has 1 aliphatic carbocycles. The zero-order valence-corrected chi connectivity index (χ0v) is 24.3. The molecule has 0 bridgehead atoms. The summed E-state index contributed by atoms with van der Waals surface area (Å²) in [5, 5.41) is 0. The second-order valence-electron chi connectivity index (χ2n) is 11.2. The molecule has 0 amide bonds. The maximum atomic E-state index is 14.9. The van der Waals surface area contributed by atoms with Crippen LogP contribution in [-0.4, -0.2) is 12.7 Å². The van der Waals surface area contributed by atoms with Gasteiger partial charge in [-0.3, -0.25) is 0 Å². The molecule has 0 unspecified atom stereocenters. The molecule has 8 heteroatoms. The van der Waals surface area contributed by atoms with E-state index in [0.29, 0.717) is 24.3 Å². The Morgan fingerprint density at radius 1 is 0.810 bits per heavy atom. The lowest BCUT2D eigenvalue weighted by Crippen LogP contribution is -2.37. The Morgan fingerprint density at radius 3 is 1.95 bits per heavy atom. The first-order valence-corrected chi connectivity index (χ1v) is 14.7. The van der Waals surface area contributed by atoms with Crippen molar-refractivity contribution in [3.8, 4) is 22.6 Å². The molecule has 0 atom stereocenters. The van der Waals surface area contributed by atoms with E-state index in [4.69, 9.17) is 9.47 Å². The lowest BCUT2D eigenvalue weighted by atomic mass is 9.79. The standard InChI is InChI=1S/C34H38F6O2/c1-4-6-23-9-16-27(17-10-23)34(39,40)42-28-18-14-26(15-19-28)25-12-7-24(8-13-25)11-20-29-22(3)21-30(41-5-2)32(35)31(29)33(36,37)38/h7-8,12-15,18-19,21,23,27H,4-6,9-11,16-17,20H2,1-3H3. The summed E-state index contributed by atoms with van der Waals surface area (Å²) in [5.74, 6) is -1.93. The van der Waals surface area contributed by atoms with E-state index >= 15 is 0 Å². The molecule has 1 fully saturated rings. The molecule has 1 aliphatic rings. The lowest BCUT2D eigenvalue weighted by Gasteiger charge is -2.33. The average Bonchev–Trinajstić information content (AvgIpc) is 2.94. The molecule has 4 rings (SSSR count). The van der Waals surface area contributed by atoms with Crippen molar-refractivity contribution < 1.29 is 35.8 Å². The average molecular weight is 593 g/mol. The number of rotatable bonds is 11. The highest BCUT2D eigenvalue weighted by Crippen LogP contribution is 2.42. The summed E-state index contributed by atoms with van der Waals surface area (Å²) in [6.07, 6.45) is -3.08. The SMILES string of the molecule is CCCC1CCC(C(F)(F)Oc2ccc(-c3ccc(CCc4c(C)cc(OCC)c(F)c4C(F)(F)F)cc3)cc2)CC1. The summed E-state index contributed by atoms with van der Waals surface area (Å²) in [4.78, 5) is 0. The van der Waals surface area contributed by atoms with Crippen LogP contribution in [0.3, 0.4) is 0 Å². The van der Waals surface area contributed by atoms with Gasteiger partial charge in [0.25, 0.3) is 0 Å². The quantitative estimate of drug-likeness (QED) is 0.206. The summed E-state index contributed by atoms with van der Waals surface area (Å²) in [7, 11) is 0. The minimum atomic E-state index is -4.85. The van der Waals surface area contributed by atoms with Crippen LogP contribution in [-0.2, 0) is 19.0 Å². The van der Waals surface area contributed by atoms with Crippen molar-refractivity contribution in [1.29, 1.82) is 0 Å². The largest absolute Gasteiger partial charge is 0.491 e. The van der Waals surface area contributed by atoms with Crippen molar-refractivity contribution in [3.05, 3.63) is 82.7 Å². The smallest absolute Gasteiger partial charge is 0.419 e. The normalized spacial score (nSPS) is 17.7. The third-order valence-electron chi connectivity index (χ3n) is 8.22. The molecule has 0 aromatic heterocycles. The molecule has 0 N–H and O–H groups in total. The van der Waals surface area contributed by atoms with Crippen LogP contribution in [0.5, 0.6) is 11.5 Å². The number of alkyl halides is 5. The number of aryl methyl sites for hydroxylation is 2. The van der Waals surface area contributed by atoms with Crippen LogP contribution in [0, 0.1) is 24.6 Å². The van der Waals surface area contributed by atoms with E-state index in [0.717, 1.165) is 42.4 Å². The fraction of sp³-hybridized carbons (Fsp3) is 0.471. The third-order valence-corrected chi connectivity index (χ3v) is 8.22. The Kier molecular flexibility index (Phi) is 10.2. The number of hydrogen-bond donors (Lipinski definition) is 0. The Balaban J connectivity index is 1.40. The minimum absolute atomic E-state index is 0.00382. The van der Waals surface area contributed by atoms with Crippen molar-refractivity contribution in [2.45, 2.75) is 84.4 Å². The van der Waals surface area contributed by atoms with Gasteiger partial charge in [0.05, 0.1) is 18.1 Å². The van der Waals surface area contributed by atoms with Crippen LogP contribution in [0.15, 0.2) is 54.6 Å². The molecule has 0 heterocycles. The van der Waals surface area contributed by atoms with Crippen molar-refractivity contribution >= 4 is 0 Å². The van der Waals surface area contributed by atoms with Gasteiger partial charge in [-0.05, 0) is 104 Å². The van der Waals surface area contributed by atoms with E-state index in [-0.39, 0.29) is 30.8 Å². The third kappa shape index (κ3) is 7.61. The van der Waals surface area contributed by atoms with Gasteiger partial charge in [0.15, 0.2) is 11.6 Å². The van der Waals surface area contributed by atoms with E-state index in [9.17, 15) is 26.3 Å². The Bertz CT molecular complexity index is 1310. The summed E-state index contributed by atoms with van der Waals surface area (Å²) in [6.45, 7) is 5.28. The second kappa shape index (κ2) is 13.4. The number of ether oxygens (including phenoxy) is 2. The first kappa shape index (κ1) is 31.8. The molecular weight excluding hydrogens is 554 g/mol. The number of benzene rings is 3. The van der Waals surface area contributed by atoms with E-state index < -0.39 is 35.3 Å². The Morgan fingerprint density at radius 2 is 1.40 bits per heavy atom. The van der Waals surface area contributed by atoms with Gasteiger partial charge in [-0.1, -0.05) is 56.2 Å². The Hall–Kier alpha value is -3.16. The number of halogens is 6. The summed E-state index contributed by atoms with van der Waals surface area (Å²) in [6, 6.07) is 15.0. The highest BCUT2D eigenvalue weighted by molar-refractivity contribution is 5.64. The van der Waals surface area contributed by atoms with Gasteiger partial charge in [0.1, 0.15) is 5.75 Å². The molecule has 3 aromatic carbocycles. The van der Waals surface area contributed by atoms with E-state index in [1.807, 2.05) is 12.1 Å². The predicted molar refractivity (Wildman–Crippen MR) is 153 cm³/mol.